The SMILES string of the molecule is CCN(c1ccc(C#N)c(C(F)(F)F)c1)C1CCC=C(c2cn(CC)c(C)n2)C1. The summed E-state index contributed by atoms with van der Waals surface area (Å²) in [4.78, 5) is 6.66. The third-order valence-corrected chi connectivity index (χ3v) is 5.53. The first-order chi connectivity index (χ1) is 13.8. The van der Waals surface area contributed by atoms with Crippen LogP contribution < -0.4 is 4.90 Å². The van der Waals surface area contributed by atoms with Gasteiger partial charge in [0.2, 0.25) is 0 Å². The van der Waals surface area contributed by atoms with E-state index in [0.717, 1.165) is 49.0 Å². The number of imidazole rings is 1. The molecule has 0 amide bonds. The third-order valence-electron chi connectivity index (χ3n) is 5.53. The molecule has 0 spiro atoms. The minimum atomic E-state index is -4.55. The fourth-order valence-electron chi connectivity index (χ4n) is 4.04. The second-order valence-electron chi connectivity index (χ2n) is 7.25. The highest BCUT2D eigenvalue weighted by molar-refractivity contribution is 5.65. The molecule has 1 unspecified atom stereocenters. The lowest BCUT2D eigenvalue weighted by atomic mass is 9.91. The number of aryl methyl sites for hydroxylation is 2. The van der Waals surface area contributed by atoms with Gasteiger partial charge in [-0.05, 0) is 63.8 Å². The Morgan fingerprint density at radius 1 is 1.31 bits per heavy atom. The number of allylic oxidation sites excluding steroid dienone is 1. The highest BCUT2D eigenvalue weighted by Gasteiger charge is 2.35. The summed E-state index contributed by atoms with van der Waals surface area (Å²) in [5, 5.41) is 9.04. The molecule has 0 saturated carbocycles. The molecule has 1 aromatic heterocycles. The summed E-state index contributed by atoms with van der Waals surface area (Å²) in [5.41, 5.74) is 1.36. The predicted octanol–water partition coefficient (Wildman–Crippen LogP) is 5.56. The normalized spacial score (nSPS) is 17.0. The Morgan fingerprint density at radius 2 is 2.07 bits per heavy atom. The average Bonchev–Trinajstić information content (AvgIpc) is 3.09. The van der Waals surface area contributed by atoms with E-state index in [4.69, 9.17) is 5.26 Å². The fourth-order valence-corrected chi connectivity index (χ4v) is 4.04. The molecule has 0 N–H and O–H groups in total. The molecule has 0 fully saturated rings. The fraction of sp³-hybridized carbons (Fsp3) is 0.455. The van der Waals surface area contributed by atoms with Crippen LogP contribution in [-0.2, 0) is 12.7 Å². The Hall–Kier alpha value is -2.75. The number of halogens is 3. The van der Waals surface area contributed by atoms with Gasteiger partial charge in [0.05, 0.1) is 22.9 Å². The minimum absolute atomic E-state index is 0.0844. The van der Waals surface area contributed by atoms with E-state index in [2.05, 4.69) is 22.6 Å². The van der Waals surface area contributed by atoms with E-state index in [1.165, 1.54) is 6.07 Å². The molecule has 1 aromatic carbocycles. The molecule has 0 radical (unpaired) electrons. The predicted molar refractivity (Wildman–Crippen MR) is 107 cm³/mol. The molecule has 0 aliphatic heterocycles. The maximum atomic E-state index is 13.4. The number of rotatable bonds is 5. The number of nitrogens with zero attached hydrogens (tertiary/aromatic N) is 4. The Labute approximate surface area is 169 Å². The van der Waals surface area contributed by atoms with Gasteiger partial charge in [0.1, 0.15) is 5.82 Å². The summed E-state index contributed by atoms with van der Waals surface area (Å²) in [5.74, 6) is 0.958. The quantitative estimate of drug-likeness (QED) is 0.657. The van der Waals surface area contributed by atoms with Crippen molar-refractivity contribution in [2.24, 2.45) is 0 Å². The zero-order valence-electron chi connectivity index (χ0n) is 16.9. The second-order valence-corrected chi connectivity index (χ2v) is 7.25. The summed E-state index contributed by atoms with van der Waals surface area (Å²) < 4.78 is 42.3. The Kier molecular flexibility index (Phi) is 6.02. The van der Waals surface area contributed by atoms with Crippen molar-refractivity contribution in [2.45, 2.75) is 58.8 Å². The molecule has 3 rings (SSSR count). The van der Waals surface area contributed by atoms with E-state index in [1.807, 2.05) is 24.9 Å². The standard InChI is InChI=1S/C22H25F3N4/c1-4-28-14-21(27-15(28)3)16-7-6-8-18(11-16)29(5-2)19-10-9-17(13-26)20(12-19)22(23,24)25/h7,9-10,12,14,18H,4-6,8,11H2,1-3H3. The van der Waals surface area contributed by atoms with Crippen molar-refractivity contribution in [1.82, 2.24) is 9.55 Å². The molecule has 7 heteroatoms. The van der Waals surface area contributed by atoms with E-state index in [9.17, 15) is 13.2 Å². The maximum Gasteiger partial charge on any atom is 0.417 e. The van der Waals surface area contributed by atoms with E-state index in [1.54, 1.807) is 12.1 Å². The van der Waals surface area contributed by atoms with Gasteiger partial charge in [-0.1, -0.05) is 6.08 Å². The van der Waals surface area contributed by atoms with Crippen LogP contribution in [0.5, 0.6) is 0 Å². The van der Waals surface area contributed by atoms with Gasteiger partial charge in [0, 0.05) is 31.0 Å². The lowest BCUT2D eigenvalue weighted by Gasteiger charge is -2.35. The van der Waals surface area contributed by atoms with Crippen molar-refractivity contribution >= 4 is 11.3 Å². The van der Waals surface area contributed by atoms with E-state index < -0.39 is 11.7 Å². The maximum absolute atomic E-state index is 13.4. The Bertz CT molecular complexity index is 950. The first-order valence-electron chi connectivity index (χ1n) is 9.89. The van der Waals surface area contributed by atoms with Gasteiger partial charge in [-0.25, -0.2) is 4.98 Å². The van der Waals surface area contributed by atoms with E-state index >= 15 is 0 Å². The van der Waals surface area contributed by atoms with Crippen LogP contribution in [0.1, 0.15) is 55.8 Å². The molecule has 1 heterocycles. The zero-order valence-corrected chi connectivity index (χ0v) is 16.9. The van der Waals surface area contributed by atoms with Crippen LogP contribution in [0.3, 0.4) is 0 Å². The molecule has 1 aliphatic rings. The van der Waals surface area contributed by atoms with Crippen LogP contribution in [0.25, 0.3) is 5.57 Å². The lowest BCUT2D eigenvalue weighted by molar-refractivity contribution is -0.137. The van der Waals surface area contributed by atoms with Crippen molar-refractivity contribution in [3.8, 4) is 6.07 Å². The molecule has 0 saturated heterocycles. The molecule has 154 valence electrons. The smallest absolute Gasteiger partial charge is 0.368 e. The van der Waals surface area contributed by atoms with Gasteiger partial charge < -0.3 is 9.47 Å². The number of anilines is 1. The summed E-state index contributed by atoms with van der Waals surface area (Å²) >= 11 is 0. The van der Waals surface area contributed by atoms with Gasteiger partial charge in [-0.2, -0.15) is 18.4 Å². The van der Waals surface area contributed by atoms with Gasteiger partial charge in [-0.15, -0.1) is 0 Å². The molecular formula is C22H25F3N4. The van der Waals surface area contributed by atoms with Crippen molar-refractivity contribution in [1.29, 1.82) is 5.26 Å². The average molecular weight is 402 g/mol. The minimum Gasteiger partial charge on any atom is -0.368 e. The number of aromatic nitrogens is 2. The van der Waals surface area contributed by atoms with Gasteiger partial charge in [0.25, 0.3) is 0 Å². The van der Waals surface area contributed by atoms with Crippen molar-refractivity contribution in [2.75, 3.05) is 11.4 Å². The molecule has 1 atom stereocenters. The Morgan fingerprint density at radius 3 is 2.66 bits per heavy atom. The number of benzene rings is 1. The highest BCUT2D eigenvalue weighted by atomic mass is 19.4. The summed E-state index contributed by atoms with van der Waals surface area (Å²) in [6.07, 6.45) is 2.14. The summed E-state index contributed by atoms with van der Waals surface area (Å²) in [6, 6.07) is 5.73. The largest absolute Gasteiger partial charge is 0.417 e. The lowest BCUT2D eigenvalue weighted by Crippen LogP contribution is -2.36. The second kappa shape index (κ2) is 8.32. The van der Waals surface area contributed by atoms with Crippen LogP contribution in [0, 0.1) is 18.3 Å². The zero-order chi connectivity index (χ0) is 21.2. The van der Waals surface area contributed by atoms with Crippen molar-refractivity contribution < 1.29 is 13.2 Å². The van der Waals surface area contributed by atoms with Crippen LogP contribution in [0.2, 0.25) is 0 Å². The number of nitriles is 1. The number of hydrogen-bond acceptors (Lipinski definition) is 3. The summed E-state index contributed by atoms with van der Waals surface area (Å²) in [6.45, 7) is 7.42. The first-order valence-corrected chi connectivity index (χ1v) is 9.89. The third kappa shape index (κ3) is 4.31. The molecule has 0 bridgehead atoms. The van der Waals surface area contributed by atoms with Gasteiger partial charge in [-0.3, -0.25) is 0 Å². The van der Waals surface area contributed by atoms with E-state index in [-0.39, 0.29) is 11.6 Å². The molecule has 4 nitrogen and oxygen atoms in total. The number of hydrogen-bond donors (Lipinski definition) is 0. The van der Waals surface area contributed by atoms with Gasteiger partial charge in [0.15, 0.2) is 0 Å². The van der Waals surface area contributed by atoms with Crippen molar-refractivity contribution in [3.05, 3.63) is 53.1 Å². The van der Waals surface area contributed by atoms with Crippen LogP contribution in [-0.4, -0.2) is 22.1 Å². The monoisotopic (exact) mass is 402 g/mol. The Balaban J connectivity index is 1.89. The first kappa shape index (κ1) is 21.0. The molecule has 2 aromatic rings. The molecular weight excluding hydrogens is 377 g/mol. The van der Waals surface area contributed by atoms with Crippen LogP contribution in [0.15, 0.2) is 30.5 Å². The van der Waals surface area contributed by atoms with Crippen molar-refractivity contribution in [3.63, 3.8) is 0 Å². The number of alkyl halides is 3. The van der Waals surface area contributed by atoms with Crippen LogP contribution >= 0.6 is 0 Å². The highest BCUT2D eigenvalue weighted by Crippen LogP contribution is 2.37. The topological polar surface area (TPSA) is 44.9 Å². The summed E-state index contributed by atoms with van der Waals surface area (Å²) in [7, 11) is 0. The van der Waals surface area contributed by atoms with Crippen LogP contribution in [0.4, 0.5) is 18.9 Å². The molecule has 29 heavy (non-hydrogen) atoms. The molecule has 1 aliphatic carbocycles. The van der Waals surface area contributed by atoms with Gasteiger partial charge >= 0.3 is 6.18 Å². The van der Waals surface area contributed by atoms with E-state index in [0.29, 0.717) is 12.2 Å².